The van der Waals surface area contributed by atoms with Crippen molar-refractivity contribution in [1.82, 2.24) is 0 Å². The SMILES string of the molecule is O[Si](O)OO[Si](O)(O)O. The molecule has 0 aliphatic rings. The van der Waals surface area contributed by atoms with Crippen molar-refractivity contribution in [2.75, 3.05) is 0 Å². The van der Waals surface area contributed by atoms with E-state index in [1.807, 2.05) is 0 Å². The maximum Gasteiger partial charge on any atom is 0.698 e. The Morgan fingerprint density at radius 3 is 1.67 bits per heavy atom. The molecule has 9 heteroatoms. The lowest BCUT2D eigenvalue weighted by molar-refractivity contribution is -0.204. The summed E-state index contributed by atoms with van der Waals surface area (Å²) >= 11 is 0. The fourth-order valence-corrected chi connectivity index (χ4v) is 0.839. The van der Waals surface area contributed by atoms with Crippen molar-refractivity contribution in [2.45, 2.75) is 0 Å². The highest BCUT2D eigenvalue weighted by molar-refractivity contribution is 6.48. The van der Waals surface area contributed by atoms with Crippen molar-refractivity contribution >= 4 is 18.6 Å². The van der Waals surface area contributed by atoms with Gasteiger partial charge in [-0.3, -0.25) is 0 Å². The van der Waals surface area contributed by atoms with E-state index < -0.39 is 18.6 Å². The molecule has 0 saturated carbocycles. The molecule has 0 aromatic carbocycles. The summed E-state index contributed by atoms with van der Waals surface area (Å²) in [7, 11) is -7.87. The minimum absolute atomic E-state index is 3.14. The molecule has 0 aliphatic carbocycles. The molecule has 0 amide bonds. The van der Waals surface area contributed by atoms with Gasteiger partial charge in [0.15, 0.2) is 0 Å². The molecule has 55 valence electrons. The van der Waals surface area contributed by atoms with Crippen LogP contribution in [0.3, 0.4) is 0 Å². The quantitative estimate of drug-likeness (QED) is 0.169. The van der Waals surface area contributed by atoms with Gasteiger partial charge in [-0.15, -0.1) is 0 Å². The van der Waals surface area contributed by atoms with E-state index in [0.717, 1.165) is 0 Å². The van der Waals surface area contributed by atoms with Gasteiger partial charge in [-0.05, 0) is 0 Å². The zero-order chi connectivity index (χ0) is 7.49. The second kappa shape index (κ2) is 3.35. The van der Waals surface area contributed by atoms with Gasteiger partial charge in [0.2, 0.25) is 0 Å². The lowest BCUT2D eigenvalue weighted by Gasteiger charge is -2.06. The monoisotopic (exact) mass is 173 g/mol. The van der Waals surface area contributed by atoms with Crippen LogP contribution in [0, 0.1) is 0 Å². The molecule has 0 aliphatic heterocycles. The molecular weight excluding hydrogens is 168 g/mol. The molecule has 7 nitrogen and oxygen atoms in total. The fourth-order valence-electron chi connectivity index (χ4n) is 0.0932. The van der Waals surface area contributed by atoms with Crippen molar-refractivity contribution in [3.8, 4) is 0 Å². The van der Waals surface area contributed by atoms with Crippen LogP contribution in [0.4, 0.5) is 0 Å². The highest BCUT2D eigenvalue weighted by Gasteiger charge is 2.34. The average molecular weight is 173 g/mol. The van der Waals surface area contributed by atoms with Gasteiger partial charge in [0.25, 0.3) is 0 Å². The molecule has 0 atom stereocenters. The Bertz CT molecular complexity index is 71.5. The number of hydrogen-bond donors (Lipinski definition) is 5. The minimum Gasteiger partial charge on any atom is -0.386 e. The van der Waals surface area contributed by atoms with Crippen LogP contribution in [-0.4, -0.2) is 42.6 Å². The van der Waals surface area contributed by atoms with Gasteiger partial charge in [-0.1, -0.05) is 0 Å². The lowest BCUT2D eigenvalue weighted by Crippen LogP contribution is -2.41. The van der Waals surface area contributed by atoms with E-state index in [0.29, 0.717) is 0 Å². The van der Waals surface area contributed by atoms with E-state index in [2.05, 4.69) is 9.15 Å². The van der Waals surface area contributed by atoms with Gasteiger partial charge in [0, 0.05) is 0 Å². The molecule has 0 spiro atoms. The standard InChI is InChI=1S/H5O7Si2/c1-8(2)6-7-9(3,4)5/h1-5H. The molecule has 0 bridgehead atoms. The van der Waals surface area contributed by atoms with Crippen molar-refractivity contribution < 1.29 is 33.1 Å². The topological polar surface area (TPSA) is 120 Å². The summed E-state index contributed by atoms with van der Waals surface area (Å²) in [6.07, 6.45) is 0. The third-order valence-corrected chi connectivity index (χ3v) is 0.934. The summed E-state index contributed by atoms with van der Waals surface area (Å²) < 4.78 is 6.77. The smallest absolute Gasteiger partial charge is 0.386 e. The predicted octanol–water partition coefficient (Wildman–Crippen LogP) is -3.68. The first-order valence-electron chi connectivity index (χ1n) is 1.69. The van der Waals surface area contributed by atoms with E-state index in [1.54, 1.807) is 0 Å². The maximum absolute atomic E-state index is 7.96. The normalized spacial score (nSPS) is 12.7. The first kappa shape index (κ1) is 9.15. The molecule has 9 heavy (non-hydrogen) atoms. The highest BCUT2D eigenvalue weighted by Crippen LogP contribution is 1.89. The van der Waals surface area contributed by atoms with E-state index in [-0.39, 0.29) is 0 Å². The Hall–Kier alpha value is 0.154. The first-order valence-corrected chi connectivity index (χ1v) is 4.75. The summed E-state index contributed by atoms with van der Waals surface area (Å²) in [6.45, 7) is 0. The number of hydrogen-bond acceptors (Lipinski definition) is 7. The summed E-state index contributed by atoms with van der Waals surface area (Å²) in [5.41, 5.74) is 0. The molecule has 5 N–H and O–H groups in total. The van der Waals surface area contributed by atoms with Crippen LogP contribution in [0.2, 0.25) is 0 Å². The van der Waals surface area contributed by atoms with Crippen LogP contribution in [0.1, 0.15) is 0 Å². The molecule has 0 rings (SSSR count). The summed E-state index contributed by atoms with van der Waals surface area (Å²) in [5.74, 6) is 0. The summed E-state index contributed by atoms with van der Waals surface area (Å²) in [5, 5.41) is 0. The zero-order valence-corrected chi connectivity index (χ0v) is 6.05. The summed E-state index contributed by atoms with van der Waals surface area (Å²) in [4.78, 5) is 39.7. The van der Waals surface area contributed by atoms with Crippen LogP contribution in [0.25, 0.3) is 0 Å². The van der Waals surface area contributed by atoms with Crippen molar-refractivity contribution in [3.05, 3.63) is 0 Å². The highest BCUT2D eigenvalue weighted by atomic mass is 28.4. The van der Waals surface area contributed by atoms with Crippen LogP contribution < -0.4 is 0 Å². The average Bonchev–Trinajstić information content (AvgIpc) is 1.59. The van der Waals surface area contributed by atoms with Crippen molar-refractivity contribution in [3.63, 3.8) is 0 Å². The summed E-state index contributed by atoms with van der Waals surface area (Å²) in [6, 6.07) is 0. The third-order valence-electron chi connectivity index (χ3n) is 0.228. The van der Waals surface area contributed by atoms with Crippen LogP contribution in [-0.2, 0) is 9.15 Å². The molecule has 0 heterocycles. The maximum atomic E-state index is 7.96. The van der Waals surface area contributed by atoms with Gasteiger partial charge in [0.05, 0.1) is 0 Å². The molecule has 0 aromatic heterocycles. The lowest BCUT2D eigenvalue weighted by atomic mass is 14.9. The van der Waals surface area contributed by atoms with Gasteiger partial charge < -0.3 is 24.0 Å². The molecule has 1 radical (unpaired) electrons. The van der Waals surface area contributed by atoms with E-state index in [1.165, 1.54) is 0 Å². The first-order chi connectivity index (χ1) is 3.92. The van der Waals surface area contributed by atoms with Gasteiger partial charge >= 0.3 is 18.6 Å². The van der Waals surface area contributed by atoms with E-state index in [4.69, 9.17) is 24.0 Å². The molecule has 0 unspecified atom stereocenters. The predicted molar refractivity (Wildman–Crippen MR) is 24.8 cm³/mol. The third kappa shape index (κ3) is 8.15. The Kier molecular flexibility index (Phi) is 3.41. The van der Waals surface area contributed by atoms with Gasteiger partial charge in [-0.2, -0.15) is 0 Å². The second-order valence-electron chi connectivity index (χ2n) is 1.02. The molecule has 0 saturated heterocycles. The molecular formula is H5O7Si2. The molecule has 0 aromatic rings. The Morgan fingerprint density at radius 2 is 1.56 bits per heavy atom. The minimum atomic E-state index is -4.74. The van der Waals surface area contributed by atoms with Gasteiger partial charge in [0.1, 0.15) is 0 Å². The largest absolute Gasteiger partial charge is 0.698 e. The van der Waals surface area contributed by atoms with Crippen LogP contribution in [0.15, 0.2) is 0 Å². The van der Waals surface area contributed by atoms with Crippen LogP contribution >= 0.6 is 0 Å². The number of rotatable bonds is 3. The Balaban J connectivity index is 3.28. The zero-order valence-electron chi connectivity index (χ0n) is 4.05. The van der Waals surface area contributed by atoms with Crippen molar-refractivity contribution in [2.24, 2.45) is 0 Å². The van der Waals surface area contributed by atoms with Crippen LogP contribution in [0.5, 0.6) is 0 Å². The molecule has 0 fully saturated rings. The second-order valence-corrected chi connectivity index (χ2v) is 3.07. The fraction of sp³-hybridized carbons (Fsp3) is 0. The van der Waals surface area contributed by atoms with E-state index in [9.17, 15) is 0 Å². The van der Waals surface area contributed by atoms with E-state index >= 15 is 0 Å². The van der Waals surface area contributed by atoms with Crippen molar-refractivity contribution in [1.29, 1.82) is 0 Å². The van der Waals surface area contributed by atoms with Gasteiger partial charge in [-0.25, -0.2) is 9.15 Å². The Morgan fingerprint density at radius 1 is 1.11 bits per heavy atom. The Labute approximate surface area is 52.7 Å².